The Hall–Kier alpha value is 0.710. The molecule has 0 bridgehead atoms. The van der Waals surface area contributed by atoms with Crippen molar-refractivity contribution in [2.75, 3.05) is 26.4 Å². The van der Waals surface area contributed by atoms with Crippen molar-refractivity contribution in [1.29, 1.82) is 0 Å². The summed E-state index contributed by atoms with van der Waals surface area (Å²) in [6, 6.07) is 0. The van der Waals surface area contributed by atoms with E-state index in [2.05, 4.69) is 6.92 Å². The third-order valence-electron chi connectivity index (χ3n) is 1.74. The summed E-state index contributed by atoms with van der Waals surface area (Å²) < 4.78 is 22.6. The Labute approximate surface area is 100.0 Å². The van der Waals surface area contributed by atoms with Crippen molar-refractivity contribution in [2.24, 2.45) is 0 Å². The van der Waals surface area contributed by atoms with Gasteiger partial charge >= 0.3 is 100 Å². The molecule has 0 aliphatic rings. The molecule has 0 unspecified atom stereocenters. The van der Waals surface area contributed by atoms with E-state index < -0.39 is 21.7 Å². The van der Waals surface area contributed by atoms with E-state index in [0.29, 0.717) is 26.4 Å². The standard InChI is InChI=1S/C4H9O.3C2H5O.Hf/c1-2-3-4-5;3*1-2-3;/h2-4H2,1H3;3*2H2,1H3;/q4*-1;+4. The van der Waals surface area contributed by atoms with Crippen LogP contribution < -0.4 is 0 Å². The van der Waals surface area contributed by atoms with Gasteiger partial charge in [-0.3, -0.25) is 0 Å². The van der Waals surface area contributed by atoms with Crippen molar-refractivity contribution in [1.82, 2.24) is 0 Å². The molecule has 0 amide bonds. The molecule has 0 aromatic rings. The first-order chi connectivity index (χ1) is 7.24. The molecular weight excluding hydrogens is 363 g/mol. The molecule has 0 aromatic carbocycles. The van der Waals surface area contributed by atoms with Crippen LogP contribution >= 0.6 is 0 Å². The molecule has 0 aliphatic heterocycles. The van der Waals surface area contributed by atoms with Gasteiger partial charge in [-0.2, -0.15) is 0 Å². The van der Waals surface area contributed by atoms with E-state index in [9.17, 15) is 0 Å². The fourth-order valence-electron chi connectivity index (χ4n) is 1.12. The Morgan fingerprint density at radius 2 is 1.20 bits per heavy atom. The van der Waals surface area contributed by atoms with Crippen molar-refractivity contribution >= 4 is 0 Å². The summed E-state index contributed by atoms with van der Waals surface area (Å²) in [5.41, 5.74) is 0. The van der Waals surface area contributed by atoms with Gasteiger partial charge in [-0.25, -0.2) is 0 Å². The van der Waals surface area contributed by atoms with E-state index in [1.54, 1.807) is 0 Å². The average molecular weight is 387 g/mol. The van der Waals surface area contributed by atoms with Gasteiger partial charge in [0, 0.05) is 0 Å². The van der Waals surface area contributed by atoms with Crippen molar-refractivity contribution in [3.05, 3.63) is 0 Å². The van der Waals surface area contributed by atoms with Crippen LogP contribution in [0.3, 0.4) is 0 Å². The van der Waals surface area contributed by atoms with Crippen LogP contribution in [0.1, 0.15) is 40.5 Å². The molecule has 0 fully saturated rings. The topological polar surface area (TPSA) is 36.9 Å². The molecule has 15 heavy (non-hydrogen) atoms. The zero-order valence-electron chi connectivity index (χ0n) is 10.4. The summed E-state index contributed by atoms with van der Waals surface area (Å²) in [6.07, 6.45) is 2.13. The molecule has 0 saturated heterocycles. The zero-order valence-corrected chi connectivity index (χ0v) is 14.0. The molecule has 0 saturated carbocycles. The molecule has 4 nitrogen and oxygen atoms in total. The maximum absolute atomic E-state index is 5.75. The molecule has 5 heteroatoms. The van der Waals surface area contributed by atoms with Crippen LogP contribution in [0.2, 0.25) is 0 Å². The summed E-state index contributed by atoms with van der Waals surface area (Å²) in [4.78, 5) is 0. The van der Waals surface area contributed by atoms with E-state index >= 15 is 0 Å². The van der Waals surface area contributed by atoms with Crippen LogP contribution in [0.15, 0.2) is 0 Å². The molecule has 0 aliphatic carbocycles. The van der Waals surface area contributed by atoms with Crippen LogP contribution in [0.25, 0.3) is 0 Å². The maximum atomic E-state index is 5.75. The molecule has 92 valence electrons. The molecule has 0 aromatic heterocycles. The van der Waals surface area contributed by atoms with Crippen molar-refractivity contribution < 1.29 is 33.1 Å². The molecule has 0 spiro atoms. The third-order valence-corrected chi connectivity index (χ3v) is 10.7. The van der Waals surface area contributed by atoms with Gasteiger partial charge in [0.25, 0.3) is 0 Å². The van der Waals surface area contributed by atoms with Crippen molar-refractivity contribution in [3.63, 3.8) is 0 Å². The van der Waals surface area contributed by atoms with Gasteiger partial charge in [0.2, 0.25) is 0 Å². The summed E-state index contributed by atoms with van der Waals surface area (Å²) >= 11 is -3.75. The summed E-state index contributed by atoms with van der Waals surface area (Å²) in [5, 5.41) is 0. The molecule has 0 heterocycles. The van der Waals surface area contributed by atoms with E-state index in [0.717, 1.165) is 12.8 Å². The van der Waals surface area contributed by atoms with E-state index in [1.165, 1.54) is 0 Å². The van der Waals surface area contributed by atoms with Crippen LogP contribution in [0.5, 0.6) is 0 Å². The quantitative estimate of drug-likeness (QED) is 0.427. The second-order valence-corrected chi connectivity index (χ2v) is 10.7. The number of hydrogen-bond acceptors (Lipinski definition) is 4. The number of rotatable bonds is 10. The number of hydrogen-bond donors (Lipinski definition) is 0. The van der Waals surface area contributed by atoms with Crippen molar-refractivity contribution in [2.45, 2.75) is 40.5 Å². The average Bonchev–Trinajstić information content (AvgIpc) is 2.19. The molecule has 0 atom stereocenters. The summed E-state index contributed by atoms with van der Waals surface area (Å²) in [5.74, 6) is 0. The second kappa shape index (κ2) is 9.90. The molecular formula is C10H24HfO4. The fraction of sp³-hybridized carbons (Fsp3) is 1.00. The first kappa shape index (κ1) is 15.7. The molecule has 0 radical (unpaired) electrons. The Morgan fingerprint density at radius 3 is 1.53 bits per heavy atom. The van der Waals surface area contributed by atoms with Crippen LogP contribution in [-0.2, 0) is 33.1 Å². The van der Waals surface area contributed by atoms with Gasteiger partial charge in [0.05, 0.1) is 0 Å². The monoisotopic (exact) mass is 388 g/mol. The third kappa shape index (κ3) is 6.79. The van der Waals surface area contributed by atoms with Crippen LogP contribution in [-0.4, -0.2) is 26.4 Å². The summed E-state index contributed by atoms with van der Waals surface area (Å²) in [7, 11) is 0. The van der Waals surface area contributed by atoms with Crippen LogP contribution in [0.4, 0.5) is 0 Å². The normalized spacial score (nSPS) is 12.0. The predicted octanol–water partition coefficient (Wildman–Crippen LogP) is 2.73. The zero-order chi connectivity index (χ0) is 11.6. The Balaban J connectivity index is 4.18. The van der Waals surface area contributed by atoms with Gasteiger partial charge in [-0.15, -0.1) is 0 Å². The minimum atomic E-state index is -3.75. The van der Waals surface area contributed by atoms with Gasteiger partial charge < -0.3 is 0 Å². The predicted molar refractivity (Wildman–Crippen MR) is 55.7 cm³/mol. The van der Waals surface area contributed by atoms with Crippen molar-refractivity contribution in [3.8, 4) is 0 Å². The molecule has 0 rings (SSSR count). The Bertz CT molecular complexity index is 126. The summed E-state index contributed by atoms with van der Waals surface area (Å²) in [6.45, 7) is 10.4. The minimum absolute atomic E-state index is 0.591. The van der Waals surface area contributed by atoms with Crippen LogP contribution in [0, 0.1) is 0 Å². The first-order valence-electron chi connectivity index (χ1n) is 5.80. The van der Waals surface area contributed by atoms with E-state index in [1.807, 2.05) is 20.8 Å². The Kier molecular flexibility index (Phi) is 10.4. The SMILES string of the molecule is CCCC[O][Hf]([O]CC)([O]CC)[O]CC. The number of unbranched alkanes of at least 4 members (excludes halogenated alkanes) is 1. The second-order valence-electron chi connectivity index (χ2n) is 3.00. The van der Waals surface area contributed by atoms with Gasteiger partial charge in [-0.1, -0.05) is 0 Å². The Morgan fingerprint density at radius 1 is 0.733 bits per heavy atom. The van der Waals surface area contributed by atoms with E-state index in [-0.39, 0.29) is 0 Å². The fourth-order valence-corrected chi connectivity index (χ4v) is 8.15. The first-order valence-corrected chi connectivity index (χ1v) is 11.7. The molecule has 0 N–H and O–H groups in total. The van der Waals surface area contributed by atoms with Gasteiger partial charge in [0.1, 0.15) is 0 Å². The van der Waals surface area contributed by atoms with E-state index in [4.69, 9.17) is 11.4 Å². The van der Waals surface area contributed by atoms with Gasteiger partial charge in [0.15, 0.2) is 0 Å². The van der Waals surface area contributed by atoms with Gasteiger partial charge in [-0.05, 0) is 0 Å².